The standard InChI is InChI=1S/C84H51N7O6S3/c85-49-16-28-55(29-17-49)89-79(92)64-7-1-4-61-58(34-37-67(76(61)64)82(89)95)73-43-40-70(98-73)46-10-22-52(23-11-46)88(53-24-12-47(13-25-53)71-41-44-74(99-71)59-35-38-68-77-62(59)5-2-8-65(77)80(93)90(83(68)96)56-30-18-50(86)19-31-56)54-26-14-48(15-27-54)72-42-45-75(100-72)60-36-39-69-78-63(60)6-3-9-66(78)81(94)91(84(69)97)57-32-20-51(87)21-33-57/h1-45H,85-87H2. The Hall–Kier alpha value is -12.9. The van der Waals surface area contributed by atoms with Gasteiger partial charge in [0.25, 0.3) is 35.4 Å². The summed E-state index contributed by atoms with van der Waals surface area (Å²) >= 11 is 4.92. The zero-order valence-corrected chi connectivity index (χ0v) is 55.1. The summed E-state index contributed by atoms with van der Waals surface area (Å²) in [5, 5.41) is 4.39. The van der Waals surface area contributed by atoms with Crippen molar-refractivity contribution in [2.75, 3.05) is 36.8 Å². The van der Waals surface area contributed by atoms with Gasteiger partial charge in [-0.2, -0.15) is 0 Å². The van der Waals surface area contributed by atoms with Gasteiger partial charge in [0.15, 0.2) is 0 Å². The fourth-order valence-electron chi connectivity index (χ4n) is 14.2. The van der Waals surface area contributed by atoms with E-state index in [2.05, 4.69) is 114 Å². The van der Waals surface area contributed by atoms with Crippen molar-refractivity contribution in [3.63, 3.8) is 0 Å². The van der Waals surface area contributed by atoms with Crippen molar-refractivity contribution in [2.45, 2.75) is 0 Å². The molecule has 0 fully saturated rings. The van der Waals surface area contributed by atoms with Crippen LogP contribution in [0.1, 0.15) is 62.1 Å². The number of nitrogens with two attached hydrogens (primary N) is 3. The highest BCUT2D eigenvalue weighted by molar-refractivity contribution is 7.19. The number of amides is 6. The number of hydrogen-bond donors (Lipinski definition) is 3. The largest absolute Gasteiger partial charge is 0.399 e. The summed E-state index contributed by atoms with van der Waals surface area (Å²) in [5.41, 5.74) is 32.2. The zero-order valence-electron chi connectivity index (χ0n) is 52.7. The average Bonchev–Trinajstić information content (AvgIpc) is 0.805. The van der Waals surface area contributed by atoms with E-state index >= 15 is 0 Å². The van der Waals surface area contributed by atoms with Gasteiger partial charge < -0.3 is 22.1 Å². The van der Waals surface area contributed by atoms with Gasteiger partial charge in [-0.3, -0.25) is 28.8 Å². The first-order chi connectivity index (χ1) is 48.8. The van der Waals surface area contributed by atoms with Crippen molar-refractivity contribution in [2.24, 2.45) is 0 Å². The molecule has 18 rings (SSSR count). The summed E-state index contributed by atoms with van der Waals surface area (Å²) in [6, 6.07) is 86.7. The Morgan fingerprint density at radius 1 is 0.230 bits per heavy atom. The molecule has 6 heterocycles. The van der Waals surface area contributed by atoms with Gasteiger partial charge in [-0.1, -0.05) is 91.0 Å². The Balaban J connectivity index is 0.661. The second kappa shape index (κ2) is 23.2. The number of thiophene rings is 3. The summed E-state index contributed by atoms with van der Waals surface area (Å²) in [5.74, 6) is -2.31. The quantitative estimate of drug-likeness (QED) is 0.0783. The molecule has 0 bridgehead atoms. The average molecular weight is 1350 g/mol. The third-order valence-corrected chi connectivity index (χ3v) is 22.5. The molecule has 100 heavy (non-hydrogen) atoms. The van der Waals surface area contributed by atoms with Crippen molar-refractivity contribution in [3.05, 3.63) is 306 Å². The Kier molecular flexibility index (Phi) is 13.8. The van der Waals surface area contributed by atoms with Crippen LogP contribution in [0.2, 0.25) is 0 Å². The maximum atomic E-state index is 14.1. The molecule has 6 amide bonds. The van der Waals surface area contributed by atoms with Gasteiger partial charge in [0, 0.05) is 113 Å². The first kappa shape index (κ1) is 59.6. The molecule has 13 nitrogen and oxygen atoms in total. The van der Waals surface area contributed by atoms with Crippen molar-refractivity contribution in [3.8, 4) is 62.6 Å². The summed E-state index contributed by atoms with van der Waals surface area (Å²) in [6.07, 6.45) is 0. The molecule has 0 saturated carbocycles. The number of hydrogen-bond acceptors (Lipinski definition) is 13. The first-order valence-electron chi connectivity index (χ1n) is 32.1. The van der Waals surface area contributed by atoms with Crippen molar-refractivity contribution >= 4 is 153 Å². The summed E-state index contributed by atoms with van der Waals surface area (Å²) in [4.78, 5) is 96.6. The molecule has 12 aromatic carbocycles. The van der Waals surface area contributed by atoms with E-state index in [9.17, 15) is 28.8 Å². The van der Waals surface area contributed by atoms with Gasteiger partial charge >= 0.3 is 0 Å². The molecule has 0 saturated heterocycles. The van der Waals surface area contributed by atoms with E-state index in [0.717, 1.165) is 95.9 Å². The fraction of sp³-hybridized carbons (Fsp3) is 0. The maximum absolute atomic E-state index is 14.1. The number of anilines is 9. The molecule has 0 aliphatic carbocycles. The molecule has 6 N–H and O–H groups in total. The summed E-state index contributed by atoms with van der Waals surface area (Å²) in [6.45, 7) is 0. The second-order valence-corrected chi connectivity index (χ2v) is 28.0. The molecule has 0 atom stereocenters. The molecular formula is C84H51N7O6S3. The normalized spacial score (nSPS) is 13.4. The lowest BCUT2D eigenvalue weighted by Crippen LogP contribution is -2.40. The van der Waals surface area contributed by atoms with Crippen LogP contribution in [0.4, 0.5) is 51.2 Å². The lowest BCUT2D eigenvalue weighted by Gasteiger charge is -2.27. The van der Waals surface area contributed by atoms with Gasteiger partial charge in [-0.25, -0.2) is 14.7 Å². The number of benzene rings is 12. The first-order valence-corrected chi connectivity index (χ1v) is 34.6. The van der Waals surface area contributed by atoms with Gasteiger partial charge in [0.1, 0.15) is 0 Å². The van der Waals surface area contributed by atoms with Crippen molar-refractivity contribution in [1.29, 1.82) is 0 Å². The Morgan fingerprint density at radius 2 is 0.460 bits per heavy atom. The molecule has 476 valence electrons. The molecule has 16 heteroatoms. The zero-order chi connectivity index (χ0) is 67.8. The molecule has 0 radical (unpaired) electrons. The van der Waals surface area contributed by atoms with Crippen LogP contribution in [0.25, 0.3) is 95.0 Å². The van der Waals surface area contributed by atoms with E-state index in [-0.39, 0.29) is 35.4 Å². The van der Waals surface area contributed by atoms with Gasteiger partial charge in [-0.05, 0) is 232 Å². The minimum Gasteiger partial charge on any atom is -0.399 e. The Morgan fingerprint density at radius 3 is 0.720 bits per heavy atom. The van der Waals surface area contributed by atoms with E-state index in [0.29, 0.717) is 83.7 Å². The third kappa shape index (κ3) is 9.56. The topological polar surface area (TPSA) is 193 Å². The number of carbonyl (C=O) groups excluding carboxylic acids is 6. The SMILES string of the molecule is Nc1ccc(N2C(=O)c3cccc4c(-c5ccc(-c6ccc(N(c7ccc(-c8ccc(-c9ccc%10c%11c(cccc9%11)C(=O)N(c9ccc(N)cc9)C%10=O)s8)cc7)c7ccc(-c8ccc(-c9ccc%10c%11c(cccc9%11)C(=O)N(c9ccc(N)cc9)C%10=O)s8)cc7)cc6)s5)ccc(c34)C2=O)cc1. The van der Waals surface area contributed by atoms with Crippen LogP contribution in [-0.4, -0.2) is 35.4 Å². The van der Waals surface area contributed by atoms with Gasteiger partial charge in [0.2, 0.25) is 0 Å². The van der Waals surface area contributed by atoms with E-state index in [4.69, 9.17) is 17.2 Å². The third-order valence-electron chi connectivity index (χ3n) is 19.0. The predicted octanol–water partition coefficient (Wildman–Crippen LogP) is 20.0. The van der Waals surface area contributed by atoms with Gasteiger partial charge in [-0.15, -0.1) is 34.0 Å². The van der Waals surface area contributed by atoms with E-state index in [1.165, 1.54) is 14.7 Å². The van der Waals surface area contributed by atoms with Gasteiger partial charge in [0.05, 0.1) is 17.1 Å². The van der Waals surface area contributed by atoms with Crippen LogP contribution in [0.5, 0.6) is 0 Å². The Bertz CT molecular complexity index is 5370. The highest BCUT2D eigenvalue weighted by atomic mass is 32.1. The van der Waals surface area contributed by atoms with Crippen molar-refractivity contribution < 1.29 is 28.8 Å². The second-order valence-electron chi connectivity index (χ2n) is 24.7. The molecule has 3 aliphatic rings. The molecule has 3 aliphatic heterocycles. The fourth-order valence-corrected chi connectivity index (χ4v) is 17.3. The summed E-state index contributed by atoms with van der Waals surface area (Å²) < 4.78 is 0. The van der Waals surface area contributed by atoms with Crippen LogP contribution in [0.3, 0.4) is 0 Å². The minimum atomic E-state index is -0.385. The number of carbonyl (C=O) groups is 6. The smallest absolute Gasteiger partial charge is 0.265 e. The number of nitrogen functional groups attached to an aromatic ring is 3. The highest BCUT2D eigenvalue weighted by Gasteiger charge is 2.38. The number of nitrogens with zero attached hydrogens (tertiary/aromatic N) is 4. The van der Waals surface area contributed by atoms with Crippen LogP contribution in [-0.2, 0) is 0 Å². The highest BCUT2D eigenvalue weighted by Crippen LogP contribution is 2.48. The molecular weight excluding hydrogens is 1300 g/mol. The Labute approximate surface area is 583 Å². The van der Waals surface area contributed by atoms with Crippen LogP contribution < -0.4 is 36.8 Å². The molecule has 0 unspecified atom stereocenters. The lowest BCUT2D eigenvalue weighted by molar-refractivity contribution is 0.0877. The number of imide groups is 3. The van der Waals surface area contributed by atoms with Crippen LogP contribution in [0.15, 0.2) is 273 Å². The number of rotatable bonds is 12. The van der Waals surface area contributed by atoms with Crippen LogP contribution in [0, 0.1) is 0 Å². The van der Waals surface area contributed by atoms with Crippen molar-refractivity contribution in [1.82, 2.24) is 0 Å². The lowest BCUT2D eigenvalue weighted by atomic mass is 9.90. The van der Waals surface area contributed by atoms with E-state index in [1.54, 1.807) is 125 Å². The minimum absolute atomic E-state index is 0.385. The van der Waals surface area contributed by atoms with E-state index < -0.39 is 0 Å². The summed E-state index contributed by atoms with van der Waals surface area (Å²) in [7, 11) is 0. The monoisotopic (exact) mass is 1350 g/mol. The molecule has 3 aromatic heterocycles. The van der Waals surface area contributed by atoms with Crippen LogP contribution >= 0.6 is 34.0 Å². The predicted molar refractivity (Wildman–Crippen MR) is 406 cm³/mol. The molecule has 0 spiro atoms. The maximum Gasteiger partial charge on any atom is 0.265 e. The molecule has 15 aromatic rings. The van der Waals surface area contributed by atoms with E-state index in [1.807, 2.05) is 72.8 Å².